The maximum absolute atomic E-state index is 12.7. The van der Waals surface area contributed by atoms with Gasteiger partial charge < -0.3 is 26.4 Å². The van der Waals surface area contributed by atoms with Crippen molar-refractivity contribution in [3.63, 3.8) is 0 Å². The van der Waals surface area contributed by atoms with Crippen LogP contribution in [0.1, 0.15) is 11.1 Å². The quantitative estimate of drug-likeness (QED) is 0.274. The second-order valence-electron chi connectivity index (χ2n) is 8.07. The second kappa shape index (κ2) is 14.1. The first-order chi connectivity index (χ1) is 16.7. The molecule has 0 aliphatic rings. The van der Waals surface area contributed by atoms with Crippen molar-refractivity contribution >= 4 is 22.6 Å². The summed E-state index contributed by atoms with van der Waals surface area (Å²) in [5.41, 5.74) is 7.62. The van der Waals surface area contributed by atoms with Gasteiger partial charge in [0.25, 0.3) is 0 Å². The zero-order valence-corrected chi connectivity index (χ0v) is 19.5. The van der Waals surface area contributed by atoms with E-state index < -0.39 is 6.04 Å². The SMILES string of the molecule is NCCOCCNC(=O)[C@H](Cc1ccccc1)NC(=O)CNCCc1cccc2ccccc12. The summed E-state index contributed by atoms with van der Waals surface area (Å²) in [6, 6.07) is 23.5. The van der Waals surface area contributed by atoms with Crippen LogP contribution < -0.4 is 21.7 Å². The summed E-state index contributed by atoms with van der Waals surface area (Å²) in [7, 11) is 0. The summed E-state index contributed by atoms with van der Waals surface area (Å²) in [5.74, 6) is -0.447. The Labute approximate surface area is 201 Å². The van der Waals surface area contributed by atoms with E-state index in [-0.39, 0.29) is 18.4 Å². The minimum atomic E-state index is -0.663. The number of carbonyl (C=O) groups is 2. The minimum absolute atomic E-state index is 0.142. The number of hydrogen-bond donors (Lipinski definition) is 4. The fourth-order valence-electron chi connectivity index (χ4n) is 3.79. The van der Waals surface area contributed by atoms with E-state index in [4.69, 9.17) is 10.5 Å². The lowest BCUT2D eigenvalue weighted by atomic mass is 10.0. The summed E-state index contributed by atoms with van der Waals surface area (Å²) in [4.78, 5) is 25.3. The smallest absolute Gasteiger partial charge is 0.243 e. The lowest BCUT2D eigenvalue weighted by Gasteiger charge is -2.19. The highest BCUT2D eigenvalue weighted by atomic mass is 16.5. The van der Waals surface area contributed by atoms with Gasteiger partial charge in [-0.1, -0.05) is 72.8 Å². The van der Waals surface area contributed by atoms with Gasteiger partial charge in [0.1, 0.15) is 6.04 Å². The van der Waals surface area contributed by atoms with Gasteiger partial charge in [0.05, 0.1) is 19.8 Å². The zero-order chi connectivity index (χ0) is 24.0. The Morgan fingerprint density at radius 1 is 0.882 bits per heavy atom. The highest BCUT2D eigenvalue weighted by Gasteiger charge is 2.20. The van der Waals surface area contributed by atoms with Crippen LogP contribution in [0.4, 0.5) is 0 Å². The Kier molecular flexibility index (Phi) is 10.5. The van der Waals surface area contributed by atoms with Gasteiger partial charge in [-0.05, 0) is 34.9 Å². The second-order valence-corrected chi connectivity index (χ2v) is 8.07. The summed E-state index contributed by atoms with van der Waals surface area (Å²) in [5, 5.41) is 11.3. The van der Waals surface area contributed by atoms with Crippen molar-refractivity contribution in [1.82, 2.24) is 16.0 Å². The van der Waals surface area contributed by atoms with Crippen LogP contribution in [0.15, 0.2) is 72.8 Å². The Bertz CT molecular complexity index is 1040. The molecule has 2 amide bonds. The van der Waals surface area contributed by atoms with Gasteiger partial charge in [0.2, 0.25) is 11.8 Å². The molecule has 1 atom stereocenters. The Morgan fingerprint density at radius 3 is 2.47 bits per heavy atom. The molecular formula is C27H34N4O3. The van der Waals surface area contributed by atoms with Crippen LogP contribution in [-0.2, 0) is 27.2 Å². The molecular weight excluding hydrogens is 428 g/mol. The molecule has 34 heavy (non-hydrogen) atoms. The Morgan fingerprint density at radius 2 is 1.65 bits per heavy atom. The Hall–Kier alpha value is -3.26. The van der Waals surface area contributed by atoms with Crippen molar-refractivity contribution in [2.24, 2.45) is 5.73 Å². The fraction of sp³-hybridized carbons (Fsp3) is 0.333. The van der Waals surface area contributed by atoms with Crippen molar-refractivity contribution in [2.45, 2.75) is 18.9 Å². The van der Waals surface area contributed by atoms with Crippen molar-refractivity contribution in [1.29, 1.82) is 0 Å². The third kappa shape index (κ3) is 8.26. The molecule has 180 valence electrons. The molecule has 7 nitrogen and oxygen atoms in total. The van der Waals surface area contributed by atoms with Crippen LogP contribution >= 0.6 is 0 Å². The first kappa shape index (κ1) is 25.4. The van der Waals surface area contributed by atoms with Crippen LogP contribution in [0, 0.1) is 0 Å². The molecule has 0 fully saturated rings. The maximum Gasteiger partial charge on any atom is 0.243 e. The van der Waals surface area contributed by atoms with E-state index in [0.29, 0.717) is 39.3 Å². The van der Waals surface area contributed by atoms with Crippen molar-refractivity contribution in [2.75, 3.05) is 39.4 Å². The number of carbonyl (C=O) groups excluding carboxylic acids is 2. The Balaban J connectivity index is 1.48. The van der Waals surface area contributed by atoms with Crippen LogP contribution in [0.2, 0.25) is 0 Å². The van der Waals surface area contributed by atoms with Crippen LogP contribution in [0.25, 0.3) is 10.8 Å². The van der Waals surface area contributed by atoms with Crippen LogP contribution in [0.3, 0.4) is 0 Å². The summed E-state index contributed by atoms with van der Waals surface area (Å²) in [6.45, 7) is 2.44. The normalized spacial score (nSPS) is 11.8. The lowest BCUT2D eigenvalue weighted by Crippen LogP contribution is -2.50. The molecule has 0 spiro atoms. The largest absolute Gasteiger partial charge is 0.378 e. The molecule has 0 heterocycles. The van der Waals surface area contributed by atoms with Gasteiger partial charge in [-0.3, -0.25) is 9.59 Å². The first-order valence-corrected chi connectivity index (χ1v) is 11.7. The molecule has 3 aromatic rings. The van der Waals surface area contributed by atoms with E-state index in [1.807, 2.05) is 42.5 Å². The predicted molar refractivity (Wildman–Crippen MR) is 135 cm³/mol. The molecule has 0 aliphatic heterocycles. The highest BCUT2D eigenvalue weighted by molar-refractivity contribution is 5.88. The van der Waals surface area contributed by atoms with E-state index in [1.54, 1.807) is 0 Å². The van der Waals surface area contributed by atoms with Gasteiger partial charge >= 0.3 is 0 Å². The number of nitrogens with two attached hydrogens (primary N) is 1. The summed E-state index contributed by atoms with van der Waals surface area (Å²) in [6.07, 6.45) is 1.23. The molecule has 0 saturated heterocycles. The number of fused-ring (bicyclic) bond motifs is 1. The van der Waals surface area contributed by atoms with Gasteiger partial charge in [0, 0.05) is 19.5 Å². The molecule has 0 unspecified atom stereocenters. The minimum Gasteiger partial charge on any atom is -0.378 e. The third-order valence-corrected chi connectivity index (χ3v) is 5.48. The van der Waals surface area contributed by atoms with Crippen molar-refractivity contribution in [3.8, 4) is 0 Å². The molecule has 7 heteroatoms. The summed E-state index contributed by atoms with van der Waals surface area (Å²) >= 11 is 0. The van der Waals surface area contributed by atoms with Gasteiger partial charge in [-0.15, -0.1) is 0 Å². The molecule has 0 saturated carbocycles. The molecule has 0 aliphatic carbocycles. The van der Waals surface area contributed by atoms with E-state index in [9.17, 15) is 9.59 Å². The average molecular weight is 463 g/mol. The lowest BCUT2D eigenvalue weighted by molar-refractivity contribution is -0.128. The number of nitrogens with one attached hydrogen (secondary N) is 3. The van der Waals surface area contributed by atoms with Gasteiger partial charge in [0.15, 0.2) is 0 Å². The topological polar surface area (TPSA) is 105 Å². The standard InChI is InChI=1S/C27H34N4O3/c28-14-17-34-18-16-30-27(33)25(19-21-7-2-1-3-8-21)31-26(32)20-29-15-13-23-11-6-10-22-9-4-5-12-24(22)23/h1-12,25,29H,13-20,28H2,(H,30,33)(H,31,32)/t25-/m0/s1. The molecule has 0 radical (unpaired) electrons. The number of benzene rings is 3. The molecule has 3 aromatic carbocycles. The number of ether oxygens (including phenoxy) is 1. The maximum atomic E-state index is 12.7. The van der Waals surface area contributed by atoms with Crippen molar-refractivity contribution < 1.29 is 14.3 Å². The molecule has 3 rings (SSSR count). The number of rotatable bonds is 14. The first-order valence-electron chi connectivity index (χ1n) is 11.7. The van der Waals surface area contributed by atoms with Crippen LogP contribution in [0.5, 0.6) is 0 Å². The molecule has 0 aromatic heterocycles. The highest BCUT2D eigenvalue weighted by Crippen LogP contribution is 2.18. The van der Waals surface area contributed by atoms with E-state index >= 15 is 0 Å². The average Bonchev–Trinajstić information content (AvgIpc) is 2.86. The predicted octanol–water partition coefficient (Wildman–Crippen LogP) is 1.79. The monoisotopic (exact) mass is 462 g/mol. The van der Waals surface area contributed by atoms with Crippen LogP contribution in [-0.4, -0.2) is 57.2 Å². The zero-order valence-electron chi connectivity index (χ0n) is 19.5. The van der Waals surface area contributed by atoms with E-state index in [1.165, 1.54) is 16.3 Å². The van der Waals surface area contributed by atoms with Gasteiger partial charge in [-0.2, -0.15) is 0 Å². The van der Waals surface area contributed by atoms with Gasteiger partial charge in [-0.25, -0.2) is 0 Å². The van der Waals surface area contributed by atoms with E-state index in [0.717, 1.165) is 12.0 Å². The van der Waals surface area contributed by atoms with E-state index in [2.05, 4.69) is 46.3 Å². The van der Waals surface area contributed by atoms with Crippen molar-refractivity contribution in [3.05, 3.63) is 83.9 Å². The molecule has 5 N–H and O–H groups in total. The number of amides is 2. The summed E-state index contributed by atoms with van der Waals surface area (Å²) < 4.78 is 5.30. The fourth-order valence-corrected chi connectivity index (χ4v) is 3.79. The number of hydrogen-bond acceptors (Lipinski definition) is 5. The third-order valence-electron chi connectivity index (χ3n) is 5.48. The molecule has 0 bridgehead atoms.